The second-order valence-electron chi connectivity index (χ2n) is 7.14. The number of hydrogen-bond donors (Lipinski definition) is 2. The van der Waals surface area contributed by atoms with E-state index >= 15 is 0 Å². The van der Waals surface area contributed by atoms with Crippen LogP contribution in [0.25, 0.3) is 0 Å². The second kappa shape index (κ2) is 10.2. The van der Waals surface area contributed by atoms with Crippen molar-refractivity contribution in [1.29, 1.82) is 0 Å². The van der Waals surface area contributed by atoms with Gasteiger partial charge in [-0.1, -0.05) is 0 Å². The number of nitrogens with one attached hydrogen (secondary N) is 1. The number of carbonyl (C=O) groups excluding carboxylic acids is 1. The number of halogens is 3. The summed E-state index contributed by atoms with van der Waals surface area (Å²) in [7, 11) is 0. The van der Waals surface area contributed by atoms with Gasteiger partial charge in [0.15, 0.2) is 5.82 Å². The Balaban J connectivity index is 0.000000339. The van der Waals surface area contributed by atoms with Crippen LogP contribution in [0.15, 0.2) is 35.4 Å². The maximum absolute atomic E-state index is 12.6. The number of likely N-dealkylation sites (tertiary alicyclic amines) is 1. The van der Waals surface area contributed by atoms with Gasteiger partial charge in [0, 0.05) is 38.1 Å². The maximum atomic E-state index is 12.6. The summed E-state index contributed by atoms with van der Waals surface area (Å²) in [5.41, 5.74) is 1.31. The molecule has 0 unspecified atom stereocenters. The number of piperidine rings is 1. The molecule has 2 fully saturated rings. The summed E-state index contributed by atoms with van der Waals surface area (Å²) in [6.07, 6.45) is 1.63. The first-order valence-corrected chi connectivity index (χ1v) is 10.4. The van der Waals surface area contributed by atoms with Crippen molar-refractivity contribution in [1.82, 2.24) is 14.9 Å². The van der Waals surface area contributed by atoms with E-state index in [-0.39, 0.29) is 17.9 Å². The number of ether oxygens (including phenoxy) is 1. The predicted octanol–water partition coefficient (Wildman–Crippen LogP) is 2.79. The van der Waals surface area contributed by atoms with Gasteiger partial charge in [-0.15, -0.1) is 0 Å². The van der Waals surface area contributed by atoms with Crippen molar-refractivity contribution in [2.75, 3.05) is 18.5 Å². The average Bonchev–Trinajstić information content (AvgIpc) is 3.40. The van der Waals surface area contributed by atoms with Crippen LogP contribution in [0.4, 0.5) is 19.0 Å². The number of amides is 1. The van der Waals surface area contributed by atoms with Crippen LogP contribution in [0.5, 0.6) is 0 Å². The molecule has 168 valence electrons. The normalized spacial score (nSPS) is 23.4. The fraction of sp³-hybridized carbons (Fsp3) is 0.474. The van der Waals surface area contributed by atoms with Gasteiger partial charge in [-0.05, 0) is 35.2 Å². The largest absolute Gasteiger partial charge is 0.490 e. The summed E-state index contributed by atoms with van der Waals surface area (Å²) in [4.78, 5) is 32.1. The number of aromatic nitrogens is 2. The number of hydrogen-bond acceptors (Lipinski definition) is 7. The van der Waals surface area contributed by atoms with E-state index in [2.05, 4.69) is 37.0 Å². The topological polar surface area (TPSA) is 105 Å². The van der Waals surface area contributed by atoms with Crippen LogP contribution >= 0.6 is 11.3 Å². The molecule has 0 aliphatic carbocycles. The quantitative estimate of drug-likeness (QED) is 0.726. The summed E-state index contributed by atoms with van der Waals surface area (Å²) in [5, 5.41) is 14.3. The summed E-state index contributed by atoms with van der Waals surface area (Å²) in [6.45, 7) is 2.42. The molecule has 2 saturated heterocycles. The average molecular weight is 458 g/mol. The van der Waals surface area contributed by atoms with Crippen LogP contribution in [-0.2, 0) is 20.9 Å². The molecule has 0 spiro atoms. The molecule has 2 N–H and O–H groups in total. The zero-order valence-electron chi connectivity index (χ0n) is 16.3. The maximum Gasteiger partial charge on any atom is 0.490 e. The van der Waals surface area contributed by atoms with Crippen LogP contribution in [0.3, 0.4) is 0 Å². The number of alkyl halides is 3. The molecule has 4 heterocycles. The van der Waals surface area contributed by atoms with Crippen LogP contribution in [-0.4, -0.2) is 63.3 Å². The molecule has 2 aromatic rings. The Hall–Kier alpha value is -2.57. The van der Waals surface area contributed by atoms with E-state index in [4.69, 9.17) is 14.6 Å². The third-order valence-corrected chi connectivity index (χ3v) is 5.74. The number of carboxylic acid groups (broad SMARTS) is 1. The summed E-state index contributed by atoms with van der Waals surface area (Å²) in [6, 6.07) is 2.57. The molecule has 2 aromatic heterocycles. The SMILES string of the molecule is O=C(Nc1cnccn1)[C@@H]1C[C@H]2OCC[C@H]2N(Cc2ccsc2)C1.O=C(O)C(F)(F)F. The van der Waals surface area contributed by atoms with Crippen molar-refractivity contribution in [3.05, 3.63) is 41.0 Å². The highest BCUT2D eigenvalue weighted by Gasteiger charge is 2.42. The van der Waals surface area contributed by atoms with Crippen LogP contribution < -0.4 is 5.32 Å². The highest BCUT2D eigenvalue weighted by molar-refractivity contribution is 7.07. The number of carboxylic acids is 1. The minimum Gasteiger partial charge on any atom is -0.475 e. The third kappa shape index (κ3) is 6.45. The van der Waals surface area contributed by atoms with Gasteiger partial charge >= 0.3 is 12.1 Å². The van der Waals surface area contributed by atoms with Gasteiger partial charge < -0.3 is 15.2 Å². The predicted molar refractivity (Wildman–Crippen MR) is 105 cm³/mol. The van der Waals surface area contributed by atoms with Gasteiger partial charge in [0.25, 0.3) is 0 Å². The summed E-state index contributed by atoms with van der Waals surface area (Å²) < 4.78 is 37.6. The van der Waals surface area contributed by atoms with E-state index in [1.54, 1.807) is 29.9 Å². The molecule has 4 rings (SSSR count). The van der Waals surface area contributed by atoms with Crippen molar-refractivity contribution >= 4 is 29.0 Å². The minimum atomic E-state index is -5.08. The van der Waals surface area contributed by atoms with Gasteiger partial charge in [0.1, 0.15) is 0 Å². The molecule has 0 bridgehead atoms. The number of rotatable bonds is 4. The number of anilines is 1. The number of aliphatic carboxylic acids is 1. The van der Waals surface area contributed by atoms with E-state index in [9.17, 15) is 18.0 Å². The van der Waals surface area contributed by atoms with Gasteiger partial charge in [0.05, 0.1) is 18.2 Å². The van der Waals surface area contributed by atoms with Gasteiger partial charge in [-0.2, -0.15) is 24.5 Å². The highest BCUT2D eigenvalue weighted by atomic mass is 32.1. The lowest BCUT2D eigenvalue weighted by molar-refractivity contribution is -0.192. The number of nitrogens with zero attached hydrogens (tertiary/aromatic N) is 3. The molecular formula is C19H21F3N4O4S. The van der Waals surface area contributed by atoms with Gasteiger partial charge in [0.2, 0.25) is 5.91 Å². The van der Waals surface area contributed by atoms with E-state index in [0.29, 0.717) is 11.9 Å². The molecule has 1 amide bonds. The van der Waals surface area contributed by atoms with Gasteiger partial charge in [-0.3, -0.25) is 14.7 Å². The smallest absolute Gasteiger partial charge is 0.475 e. The van der Waals surface area contributed by atoms with E-state index in [1.165, 1.54) is 5.56 Å². The van der Waals surface area contributed by atoms with E-state index in [1.807, 2.05) is 0 Å². The Kier molecular flexibility index (Phi) is 7.57. The fourth-order valence-corrected chi connectivity index (χ4v) is 4.29. The first-order valence-electron chi connectivity index (χ1n) is 9.47. The summed E-state index contributed by atoms with van der Waals surface area (Å²) in [5.74, 6) is -2.35. The number of thiophene rings is 1. The summed E-state index contributed by atoms with van der Waals surface area (Å²) >= 11 is 1.71. The standard InChI is InChI=1S/C17H20N4O2S.C2HF3O2/c22-17(20-16-8-18-3-4-19-16)13-7-15-14(1-5-23-15)21(10-13)9-12-2-6-24-11-12;3-2(4,5)1(6)7/h2-4,6,8,11,13-15H,1,5,7,9-10H2,(H,19,20,22);(H,6,7)/t13-,14-,15-;/m1./s1. The molecule has 0 saturated carbocycles. The zero-order valence-corrected chi connectivity index (χ0v) is 17.1. The lowest BCUT2D eigenvalue weighted by Crippen LogP contribution is -2.51. The Morgan fingerprint density at radius 3 is 2.74 bits per heavy atom. The van der Waals surface area contributed by atoms with E-state index < -0.39 is 12.1 Å². The van der Waals surface area contributed by atoms with Crippen LogP contribution in [0.2, 0.25) is 0 Å². The molecule has 2 aliphatic heterocycles. The lowest BCUT2D eigenvalue weighted by atomic mass is 9.89. The Labute approximate surface area is 180 Å². The minimum absolute atomic E-state index is 0.000214. The molecule has 3 atom stereocenters. The second-order valence-corrected chi connectivity index (χ2v) is 7.92. The molecule has 12 heteroatoms. The molecule has 31 heavy (non-hydrogen) atoms. The highest BCUT2D eigenvalue weighted by Crippen LogP contribution is 2.33. The Morgan fingerprint density at radius 2 is 2.13 bits per heavy atom. The Bertz CT molecular complexity index is 867. The van der Waals surface area contributed by atoms with Crippen LogP contribution in [0, 0.1) is 5.92 Å². The monoisotopic (exact) mass is 458 g/mol. The van der Waals surface area contributed by atoms with Crippen molar-refractivity contribution in [3.63, 3.8) is 0 Å². The first kappa shape index (κ1) is 23.1. The third-order valence-electron chi connectivity index (χ3n) is 5.01. The number of carbonyl (C=O) groups is 2. The first-order chi connectivity index (χ1) is 14.7. The fourth-order valence-electron chi connectivity index (χ4n) is 3.63. The number of fused-ring (bicyclic) bond motifs is 1. The van der Waals surface area contributed by atoms with Gasteiger partial charge in [-0.25, -0.2) is 9.78 Å². The van der Waals surface area contributed by atoms with E-state index in [0.717, 1.165) is 32.5 Å². The van der Waals surface area contributed by atoms with Crippen molar-refractivity contribution in [2.24, 2.45) is 5.92 Å². The van der Waals surface area contributed by atoms with Crippen LogP contribution in [0.1, 0.15) is 18.4 Å². The molecule has 2 aliphatic rings. The molecule has 8 nitrogen and oxygen atoms in total. The van der Waals surface area contributed by atoms with Crippen molar-refractivity contribution < 1.29 is 32.6 Å². The van der Waals surface area contributed by atoms with Crippen molar-refractivity contribution in [3.8, 4) is 0 Å². The van der Waals surface area contributed by atoms with Crippen molar-refractivity contribution in [2.45, 2.75) is 37.7 Å². The zero-order chi connectivity index (χ0) is 22.4. The molecular weight excluding hydrogens is 437 g/mol. The molecule has 0 radical (unpaired) electrons. The lowest BCUT2D eigenvalue weighted by Gasteiger charge is -2.40. The molecule has 0 aromatic carbocycles. The Morgan fingerprint density at radius 1 is 1.35 bits per heavy atom.